The largest absolute Gasteiger partial charge is 0.481 e. The second-order valence-corrected chi connectivity index (χ2v) is 4.23. The van der Waals surface area contributed by atoms with Gasteiger partial charge in [-0.25, -0.2) is 0 Å². The van der Waals surface area contributed by atoms with Gasteiger partial charge in [0.2, 0.25) is 0 Å². The van der Waals surface area contributed by atoms with Gasteiger partial charge in [-0.2, -0.15) is 0 Å². The molecule has 0 unspecified atom stereocenters. The molecule has 0 aliphatic heterocycles. The Morgan fingerprint density at radius 1 is 0.900 bits per heavy atom. The van der Waals surface area contributed by atoms with Crippen molar-refractivity contribution in [2.24, 2.45) is 0 Å². The fraction of sp³-hybridized carbons (Fsp3) is 0.125. The van der Waals surface area contributed by atoms with Gasteiger partial charge in [-0.1, -0.05) is 48.5 Å². The van der Waals surface area contributed by atoms with Crippen molar-refractivity contribution in [3.63, 3.8) is 0 Å². The minimum atomic E-state index is -1.02. The molecule has 0 saturated heterocycles. The fourth-order valence-electron chi connectivity index (χ4n) is 1.79. The van der Waals surface area contributed by atoms with Gasteiger partial charge in [0.05, 0.1) is 12.8 Å². The molecule has 4 heteroatoms. The Morgan fingerprint density at radius 3 is 2.25 bits per heavy atom. The summed E-state index contributed by atoms with van der Waals surface area (Å²) in [6, 6.07) is 16.7. The molecule has 0 aliphatic rings. The molecule has 102 valence electrons. The van der Waals surface area contributed by atoms with Gasteiger partial charge in [-0.3, -0.25) is 9.59 Å². The highest BCUT2D eigenvalue weighted by molar-refractivity contribution is 5.80. The minimum absolute atomic E-state index is 0.140. The monoisotopic (exact) mass is 270 g/mol. The molecule has 0 amide bonds. The van der Waals surface area contributed by atoms with Crippen LogP contribution >= 0.6 is 0 Å². The first-order chi connectivity index (χ1) is 9.66. The first kappa shape index (κ1) is 13.8. The second kappa shape index (κ2) is 6.52. The molecule has 0 atom stereocenters. The first-order valence-electron chi connectivity index (χ1n) is 6.24. The van der Waals surface area contributed by atoms with E-state index in [1.807, 2.05) is 42.5 Å². The number of aliphatic carboxylic acids is 1. The number of para-hydroxylation sites is 1. The molecule has 2 rings (SSSR count). The van der Waals surface area contributed by atoms with Crippen LogP contribution in [0.15, 0.2) is 54.6 Å². The smallest absolute Gasteiger partial charge is 0.311 e. The first-order valence-corrected chi connectivity index (χ1v) is 6.24. The zero-order valence-corrected chi connectivity index (χ0v) is 10.8. The van der Waals surface area contributed by atoms with E-state index in [4.69, 9.17) is 9.84 Å². The van der Waals surface area contributed by atoms with Gasteiger partial charge in [0.1, 0.15) is 5.75 Å². The number of carbonyl (C=O) groups excluding carboxylic acids is 1. The Hall–Kier alpha value is -2.62. The number of ether oxygens (including phenoxy) is 1. The number of hydrogen-bond donors (Lipinski definition) is 1. The standard InChI is InChI=1S/C16H14O4/c17-15(18)10-11-16(19)20-14-9-5-4-8-13(14)12-6-2-1-3-7-12/h1-9H,10-11H2,(H,17,18). The van der Waals surface area contributed by atoms with Gasteiger partial charge < -0.3 is 9.84 Å². The topological polar surface area (TPSA) is 63.6 Å². The molecular formula is C16H14O4. The zero-order chi connectivity index (χ0) is 14.4. The number of carbonyl (C=O) groups is 2. The van der Waals surface area contributed by atoms with Gasteiger partial charge in [-0.15, -0.1) is 0 Å². The number of carboxylic acid groups (broad SMARTS) is 1. The van der Waals surface area contributed by atoms with Crippen LogP contribution in [0.3, 0.4) is 0 Å². The summed E-state index contributed by atoms with van der Waals surface area (Å²) in [6.45, 7) is 0. The van der Waals surface area contributed by atoms with E-state index in [2.05, 4.69) is 0 Å². The van der Waals surface area contributed by atoms with Crippen LogP contribution in [-0.4, -0.2) is 17.0 Å². The fourth-order valence-corrected chi connectivity index (χ4v) is 1.79. The normalized spacial score (nSPS) is 10.0. The van der Waals surface area contributed by atoms with Gasteiger partial charge in [0.15, 0.2) is 0 Å². The summed E-state index contributed by atoms with van der Waals surface area (Å²) in [6.07, 6.45) is -0.370. The summed E-state index contributed by atoms with van der Waals surface area (Å²) < 4.78 is 5.25. The highest BCUT2D eigenvalue weighted by Crippen LogP contribution is 2.29. The number of hydrogen-bond acceptors (Lipinski definition) is 3. The third-order valence-corrected chi connectivity index (χ3v) is 2.74. The average Bonchev–Trinajstić information content (AvgIpc) is 2.47. The molecule has 0 bridgehead atoms. The predicted molar refractivity (Wildman–Crippen MR) is 74.4 cm³/mol. The molecule has 0 fully saturated rings. The Morgan fingerprint density at radius 2 is 1.55 bits per heavy atom. The van der Waals surface area contributed by atoms with Crippen molar-refractivity contribution in [2.75, 3.05) is 0 Å². The van der Waals surface area contributed by atoms with Crippen LogP contribution in [0, 0.1) is 0 Å². The lowest BCUT2D eigenvalue weighted by molar-refractivity contribution is -0.142. The van der Waals surface area contributed by atoms with Crippen LogP contribution in [0.4, 0.5) is 0 Å². The Kier molecular flexibility index (Phi) is 4.50. The maximum atomic E-state index is 11.6. The highest BCUT2D eigenvalue weighted by atomic mass is 16.5. The van der Waals surface area contributed by atoms with E-state index in [-0.39, 0.29) is 12.8 Å². The molecule has 0 aromatic heterocycles. The predicted octanol–water partition coefficient (Wildman–Crippen LogP) is 3.12. The second-order valence-electron chi connectivity index (χ2n) is 4.23. The molecular weight excluding hydrogens is 256 g/mol. The van der Waals surface area contributed by atoms with Crippen LogP contribution in [0.25, 0.3) is 11.1 Å². The van der Waals surface area contributed by atoms with Crippen LogP contribution in [0.2, 0.25) is 0 Å². The van der Waals surface area contributed by atoms with Crippen molar-refractivity contribution in [2.45, 2.75) is 12.8 Å². The minimum Gasteiger partial charge on any atom is -0.481 e. The van der Waals surface area contributed by atoms with Gasteiger partial charge in [0.25, 0.3) is 0 Å². The summed E-state index contributed by atoms with van der Waals surface area (Å²) in [7, 11) is 0. The summed E-state index contributed by atoms with van der Waals surface area (Å²) in [4.78, 5) is 22.1. The molecule has 4 nitrogen and oxygen atoms in total. The van der Waals surface area contributed by atoms with Gasteiger partial charge in [-0.05, 0) is 11.6 Å². The molecule has 1 N–H and O–H groups in total. The Labute approximate surface area is 116 Å². The molecule has 0 spiro atoms. The molecule has 2 aromatic carbocycles. The lowest BCUT2D eigenvalue weighted by atomic mass is 10.1. The quantitative estimate of drug-likeness (QED) is 0.669. The highest BCUT2D eigenvalue weighted by Gasteiger charge is 2.11. The molecule has 0 aliphatic carbocycles. The van der Waals surface area contributed by atoms with E-state index < -0.39 is 11.9 Å². The summed E-state index contributed by atoms with van der Waals surface area (Å²) in [5.74, 6) is -1.12. The summed E-state index contributed by atoms with van der Waals surface area (Å²) in [5, 5.41) is 8.55. The summed E-state index contributed by atoms with van der Waals surface area (Å²) >= 11 is 0. The van der Waals surface area contributed by atoms with Crippen molar-refractivity contribution in [3.8, 4) is 16.9 Å². The SMILES string of the molecule is O=C(O)CCC(=O)Oc1ccccc1-c1ccccc1. The summed E-state index contributed by atoms with van der Waals surface area (Å²) in [5.41, 5.74) is 1.74. The third-order valence-electron chi connectivity index (χ3n) is 2.74. The van der Waals surface area contributed by atoms with Crippen LogP contribution in [0.5, 0.6) is 5.75 Å². The van der Waals surface area contributed by atoms with Crippen molar-refractivity contribution < 1.29 is 19.4 Å². The van der Waals surface area contributed by atoms with Crippen LogP contribution in [0.1, 0.15) is 12.8 Å². The lowest BCUT2D eigenvalue weighted by Crippen LogP contribution is -2.10. The number of benzene rings is 2. The van der Waals surface area contributed by atoms with Crippen LogP contribution in [-0.2, 0) is 9.59 Å². The van der Waals surface area contributed by atoms with Gasteiger partial charge >= 0.3 is 11.9 Å². The van der Waals surface area contributed by atoms with Crippen LogP contribution < -0.4 is 4.74 Å². The number of carboxylic acids is 1. The van der Waals surface area contributed by atoms with Crippen molar-refractivity contribution in [1.29, 1.82) is 0 Å². The molecule has 0 radical (unpaired) electrons. The maximum absolute atomic E-state index is 11.6. The van der Waals surface area contributed by atoms with E-state index in [0.29, 0.717) is 5.75 Å². The number of esters is 1. The van der Waals surface area contributed by atoms with Crippen molar-refractivity contribution in [1.82, 2.24) is 0 Å². The number of rotatable bonds is 5. The van der Waals surface area contributed by atoms with Crippen molar-refractivity contribution >= 4 is 11.9 Å². The van der Waals surface area contributed by atoms with E-state index in [9.17, 15) is 9.59 Å². The third kappa shape index (κ3) is 3.68. The Balaban J connectivity index is 2.17. The molecule has 0 heterocycles. The zero-order valence-electron chi connectivity index (χ0n) is 10.8. The van der Waals surface area contributed by atoms with E-state index in [1.54, 1.807) is 12.1 Å². The van der Waals surface area contributed by atoms with E-state index >= 15 is 0 Å². The van der Waals surface area contributed by atoms with Crippen molar-refractivity contribution in [3.05, 3.63) is 54.6 Å². The molecule has 20 heavy (non-hydrogen) atoms. The Bertz CT molecular complexity index is 605. The molecule has 0 saturated carbocycles. The van der Waals surface area contributed by atoms with E-state index in [1.165, 1.54) is 0 Å². The lowest BCUT2D eigenvalue weighted by Gasteiger charge is -2.09. The average molecular weight is 270 g/mol. The molecule has 2 aromatic rings. The van der Waals surface area contributed by atoms with E-state index in [0.717, 1.165) is 11.1 Å². The maximum Gasteiger partial charge on any atom is 0.311 e. The van der Waals surface area contributed by atoms with Gasteiger partial charge in [0, 0.05) is 5.56 Å².